The van der Waals surface area contributed by atoms with Crippen LogP contribution in [-0.2, 0) is 14.2 Å². The first-order valence-corrected chi connectivity index (χ1v) is 7.02. The number of esters is 3. The third-order valence-corrected chi connectivity index (χ3v) is 3.47. The second kappa shape index (κ2) is 7.41. The van der Waals surface area contributed by atoms with Crippen LogP contribution in [0.15, 0.2) is 42.5 Å². The van der Waals surface area contributed by atoms with E-state index in [1.807, 2.05) is 6.07 Å². The number of ether oxygens (including phenoxy) is 3. The van der Waals surface area contributed by atoms with Crippen LogP contribution in [0.1, 0.15) is 31.1 Å². The first-order valence-electron chi connectivity index (χ1n) is 7.02. The van der Waals surface area contributed by atoms with Gasteiger partial charge in [0.25, 0.3) is 0 Å². The smallest absolute Gasteiger partial charge is 0.339 e. The van der Waals surface area contributed by atoms with Gasteiger partial charge >= 0.3 is 17.9 Å². The maximum atomic E-state index is 12.3. The van der Waals surface area contributed by atoms with Gasteiger partial charge in [-0.05, 0) is 17.2 Å². The molecule has 0 saturated carbocycles. The number of methoxy groups -OCH3 is 3. The Kier molecular flexibility index (Phi) is 5.31. The average Bonchev–Trinajstić information content (AvgIpc) is 2.65. The van der Waals surface area contributed by atoms with Crippen LogP contribution in [0.5, 0.6) is 0 Å². The Balaban J connectivity index is 2.86. The van der Waals surface area contributed by atoms with Gasteiger partial charge in [-0.25, -0.2) is 14.4 Å². The molecule has 0 aliphatic heterocycles. The summed E-state index contributed by atoms with van der Waals surface area (Å²) in [6.45, 7) is 0. The van der Waals surface area contributed by atoms with Gasteiger partial charge in [0.05, 0.1) is 38.0 Å². The lowest BCUT2D eigenvalue weighted by Gasteiger charge is -2.15. The van der Waals surface area contributed by atoms with Crippen molar-refractivity contribution < 1.29 is 28.6 Å². The van der Waals surface area contributed by atoms with Gasteiger partial charge in [0, 0.05) is 0 Å². The number of hydrogen-bond donors (Lipinski definition) is 0. The summed E-state index contributed by atoms with van der Waals surface area (Å²) in [6, 6.07) is 12.0. The third kappa shape index (κ3) is 3.12. The van der Waals surface area contributed by atoms with E-state index in [-0.39, 0.29) is 16.7 Å². The van der Waals surface area contributed by atoms with Crippen LogP contribution >= 0.6 is 0 Å². The Morgan fingerprint density at radius 3 is 1.75 bits per heavy atom. The molecule has 24 heavy (non-hydrogen) atoms. The summed E-state index contributed by atoms with van der Waals surface area (Å²) in [4.78, 5) is 36.6. The van der Waals surface area contributed by atoms with Gasteiger partial charge in [-0.1, -0.05) is 36.4 Å². The van der Waals surface area contributed by atoms with E-state index in [1.54, 1.807) is 30.3 Å². The number of hydrogen-bond acceptors (Lipinski definition) is 6. The summed E-state index contributed by atoms with van der Waals surface area (Å²) >= 11 is 0. The zero-order valence-corrected chi connectivity index (χ0v) is 13.5. The van der Waals surface area contributed by atoms with Gasteiger partial charge in [0.1, 0.15) is 0 Å². The normalized spacial score (nSPS) is 9.96. The predicted molar refractivity (Wildman–Crippen MR) is 85.9 cm³/mol. The summed E-state index contributed by atoms with van der Waals surface area (Å²) < 4.78 is 14.2. The molecule has 0 radical (unpaired) electrons. The second-order valence-corrected chi connectivity index (χ2v) is 4.75. The van der Waals surface area contributed by atoms with Crippen molar-refractivity contribution in [1.82, 2.24) is 0 Å². The van der Waals surface area contributed by atoms with Crippen LogP contribution in [-0.4, -0.2) is 39.2 Å². The van der Waals surface area contributed by atoms with Gasteiger partial charge in [-0.2, -0.15) is 0 Å². The highest BCUT2D eigenvalue weighted by Gasteiger charge is 2.29. The minimum Gasteiger partial charge on any atom is -0.465 e. The summed E-state index contributed by atoms with van der Waals surface area (Å²) in [5.74, 6) is -2.33. The molecule has 0 saturated heterocycles. The van der Waals surface area contributed by atoms with Gasteiger partial charge in [-0.15, -0.1) is 0 Å². The number of carbonyl (C=O) groups is 3. The SMILES string of the molecule is COC(=O)c1ccc(-c2ccccc2)c(C(=O)OC)c1C(=O)OC. The topological polar surface area (TPSA) is 78.9 Å². The summed E-state index contributed by atoms with van der Waals surface area (Å²) in [5, 5.41) is 0. The van der Waals surface area contributed by atoms with E-state index >= 15 is 0 Å². The average molecular weight is 328 g/mol. The molecule has 0 heterocycles. The second-order valence-electron chi connectivity index (χ2n) is 4.75. The molecule has 6 heteroatoms. The highest BCUT2D eigenvalue weighted by atomic mass is 16.5. The van der Waals surface area contributed by atoms with Crippen LogP contribution in [0, 0.1) is 0 Å². The maximum absolute atomic E-state index is 12.3. The minimum absolute atomic E-state index is 0.0431. The van der Waals surface area contributed by atoms with Crippen molar-refractivity contribution in [3.63, 3.8) is 0 Å². The summed E-state index contributed by atoms with van der Waals surface area (Å²) in [7, 11) is 3.55. The molecule has 0 spiro atoms. The monoisotopic (exact) mass is 328 g/mol. The molecule has 0 bridgehead atoms. The quantitative estimate of drug-likeness (QED) is 0.634. The van der Waals surface area contributed by atoms with Crippen molar-refractivity contribution in [2.24, 2.45) is 0 Å². The number of benzene rings is 2. The van der Waals surface area contributed by atoms with Crippen LogP contribution in [0.3, 0.4) is 0 Å². The summed E-state index contributed by atoms with van der Waals surface area (Å²) in [5.41, 5.74) is 0.857. The minimum atomic E-state index is -0.825. The van der Waals surface area contributed by atoms with Gasteiger partial charge in [0.2, 0.25) is 0 Å². The van der Waals surface area contributed by atoms with E-state index in [9.17, 15) is 14.4 Å². The molecular formula is C18H16O6. The van der Waals surface area contributed by atoms with Crippen molar-refractivity contribution >= 4 is 17.9 Å². The fourth-order valence-electron chi connectivity index (χ4n) is 2.37. The largest absolute Gasteiger partial charge is 0.465 e. The Bertz CT molecular complexity index is 780. The fourth-order valence-corrected chi connectivity index (χ4v) is 2.37. The number of carbonyl (C=O) groups excluding carboxylic acids is 3. The highest BCUT2D eigenvalue weighted by Crippen LogP contribution is 2.30. The molecule has 2 rings (SSSR count). The standard InChI is InChI=1S/C18H16O6/c1-22-16(19)13-10-9-12(11-7-5-4-6-8-11)14(17(20)23-2)15(13)18(21)24-3/h4-10H,1-3H3. The van der Waals surface area contributed by atoms with Gasteiger partial charge in [0.15, 0.2) is 0 Å². The molecule has 0 aliphatic rings. The van der Waals surface area contributed by atoms with Gasteiger partial charge in [-0.3, -0.25) is 0 Å². The lowest BCUT2D eigenvalue weighted by Crippen LogP contribution is -2.19. The van der Waals surface area contributed by atoms with Crippen molar-refractivity contribution in [2.75, 3.05) is 21.3 Å². The zero-order valence-electron chi connectivity index (χ0n) is 13.5. The predicted octanol–water partition coefficient (Wildman–Crippen LogP) is 2.71. The Labute approximate surface area is 139 Å². The molecular weight excluding hydrogens is 312 g/mol. The lowest BCUT2D eigenvalue weighted by molar-refractivity contribution is 0.0536. The van der Waals surface area contributed by atoms with Crippen molar-refractivity contribution in [2.45, 2.75) is 0 Å². The van der Waals surface area contributed by atoms with Crippen LogP contribution in [0.2, 0.25) is 0 Å². The van der Waals surface area contributed by atoms with E-state index < -0.39 is 17.9 Å². The van der Waals surface area contributed by atoms with Crippen molar-refractivity contribution in [3.05, 3.63) is 59.2 Å². The van der Waals surface area contributed by atoms with E-state index in [2.05, 4.69) is 4.74 Å². The van der Waals surface area contributed by atoms with E-state index in [4.69, 9.17) is 9.47 Å². The Hall–Kier alpha value is -3.15. The zero-order chi connectivity index (χ0) is 17.7. The molecule has 2 aromatic rings. The molecule has 124 valence electrons. The third-order valence-electron chi connectivity index (χ3n) is 3.47. The Morgan fingerprint density at radius 1 is 0.667 bits per heavy atom. The fraction of sp³-hybridized carbons (Fsp3) is 0.167. The molecule has 0 atom stereocenters. The van der Waals surface area contributed by atoms with E-state index in [0.717, 1.165) is 0 Å². The molecule has 0 aliphatic carbocycles. The molecule has 0 unspecified atom stereocenters. The number of rotatable bonds is 4. The van der Waals surface area contributed by atoms with Crippen LogP contribution in [0.25, 0.3) is 11.1 Å². The van der Waals surface area contributed by atoms with E-state index in [0.29, 0.717) is 11.1 Å². The van der Waals surface area contributed by atoms with E-state index in [1.165, 1.54) is 27.4 Å². The van der Waals surface area contributed by atoms with Crippen LogP contribution < -0.4 is 0 Å². The lowest BCUT2D eigenvalue weighted by atomic mass is 9.91. The molecule has 0 aromatic heterocycles. The van der Waals surface area contributed by atoms with Gasteiger partial charge < -0.3 is 14.2 Å². The van der Waals surface area contributed by atoms with Crippen molar-refractivity contribution in [1.29, 1.82) is 0 Å². The van der Waals surface area contributed by atoms with Crippen LogP contribution in [0.4, 0.5) is 0 Å². The summed E-state index contributed by atoms with van der Waals surface area (Å²) in [6.07, 6.45) is 0. The maximum Gasteiger partial charge on any atom is 0.339 e. The molecule has 2 aromatic carbocycles. The molecule has 0 fully saturated rings. The highest BCUT2D eigenvalue weighted by molar-refractivity contribution is 6.13. The van der Waals surface area contributed by atoms with Crippen molar-refractivity contribution in [3.8, 4) is 11.1 Å². The first kappa shape index (κ1) is 17.2. The first-order chi connectivity index (χ1) is 11.5. The Morgan fingerprint density at radius 2 is 1.21 bits per heavy atom. The molecule has 0 amide bonds. The molecule has 6 nitrogen and oxygen atoms in total. The molecule has 0 N–H and O–H groups in total.